The van der Waals surface area contributed by atoms with E-state index in [0.29, 0.717) is 19.0 Å². The molecule has 0 saturated carbocycles. The molecule has 128 valence electrons. The largest absolute Gasteiger partial charge is 0.371 e. The summed E-state index contributed by atoms with van der Waals surface area (Å²) >= 11 is 1.58. The molecule has 2 N–H and O–H groups in total. The number of aryl methyl sites for hydroxylation is 1. The highest BCUT2D eigenvalue weighted by atomic mass is 32.1. The summed E-state index contributed by atoms with van der Waals surface area (Å²) in [5, 5.41) is 8.70. The van der Waals surface area contributed by atoms with Crippen LogP contribution < -0.4 is 15.5 Å². The fourth-order valence-corrected chi connectivity index (χ4v) is 3.46. The van der Waals surface area contributed by atoms with Gasteiger partial charge in [-0.1, -0.05) is 0 Å². The summed E-state index contributed by atoms with van der Waals surface area (Å²) in [4.78, 5) is 18.4. The van der Waals surface area contributed by atoms with E-state index in [0.717, 1.165) is 35.9 Å². The molecule has 2 amide bonds. The number of amides is 2. The van der Waals surface area contributed by atoms with Gasteiger partial charge in [0.15, 0.2) is 0 Å². The number of benzene rings is 1. The van der Waals surface area contributed by atoms with Crippen molar-refractivity contribution in [3.63, 3.8) is 0 Å². The zero-order chi connectivity index (χ0) is 16.9. The van der Waals surface area contributed by atoms with Crippen LogP contribution in [0.4, 0.5) is 14.9 Å². The monoisotopic (exact) mass is 348 g/mol. The third-order valence-electron chi connectivity index (χ3n) is 4.13. The first-order valence-corrected chi connectivity index (χ1v) is 8.91. The lowest BCUT2D eigenvalue weighted by atomic mass is 10.1. The molecule has 5 nitrogen and oxygen atoms in total. The molecule has 0 aliphatic carbocycles. The second kappa shape index (κ2) is 7.61. The molecule has 1 aromatic heterocycles. The van der Waals surface area contributed by atoms with Gasteiger partial charge in [0.25, 0.3) is 0 Å². The Hall–Kier alpha value is -2.15. The highest BCUT2D eigenvalue weighted by Gasteiger charge is 2.23. The maximum absolute atomic E-state index is 13.0. The molecule has 1 fully saturated rings. The van der Waals surface area contributed by atoms with Crippen LogP contribution in [0.15, 0.2) is 29.6 Å². The Bertz CT molecular complexity index is 688. The maximum Gasteiger partial charge on any atom is 0.315 e. The molecule has 0 bridgehead atoms. The third-order valence-corrected chi connectivity index (χ3v) is 4.95. The fraction of sp³-hybridized carbons (Fsp3) is 0.412. The van der Waals surface area contributed by atoms with Gasteiger partial charge in [-0.15, -0.1) is 11.3 Å². The zero-order valence-corrected chi connectivity index (χ0v) is 14.4. The minimum Gasteiger partial charge on any atom is -0.371 e. The Morgan fingerprint density at radius 3 is 2.88 bits per heavy atom. The van der Waals surface area contributed by atoms with Gasteiger partial charge in [-0.25, -0.2) is 14.2 Å². The van der Waals surface area contributed by atoms with E-state index in [9.17, 15) is 9.18 Å². The summed E-state index contributed by atoms with van der Waals surface area (Å²) in [5.74, 6) is 0.186. The van der Waals surface area contributed by atoms with Crippen molar-refractivity contribution < 1.29 is 9.18 Å². The number of thiazole rings is 1. The number of hydrogen-bond donors (Lipinski definition) is 2. The Balaban J connectivity index is 1.39. The highest BCUT2D eigenvalue weighted by molar-refractivity contribution is 7.09. The smallest absolute Gasteiger partial charge is 0.315 e. The van der Waals surface area contributed by atoms with Crippen LogP contribution >= 0.6 is 11.3 Å². The first-order valence-electron chi connectivity index (χ1n) is 8.03. The van der Waals surface area contributed by atoms with E-state index in [1.54, 1.807) is 23.5 Å². The molecule has 0 unspecified atom stereocenters. The van der Waals surface area contributed by atoms with Crippen LogP contribution in [-0.2, 0) is 6.54 Å². The summed E-state index contributed by atoms with van der Waals surface area (Å²) in [6.45, 7) is 4.83. The second-order valence-corrected chi connectivity index (χ2v) is 7.06. The number of nitrogens with one attached hydrogen (secondary N) is 2. The van der Waals surface area contributed by atoms with Gasteiger partial charge >= 0.3 is 6.03 Å². The highest BCUT2D eigenvalue weighted by Crippen LogP contribution is 2.23. The molecule has 24 heavy (non-hydrogen) atoms. The molecule has 3 rings (SSSR count). The lowest BCUT2D eigenvalue weighted by Crippen LogP contribution is -2.38. The van der Waals surface area contributed by atoms with E-state index in [-0.39, 0.29) is 11.8 Å². The minimum absolute atomic E-state index is 0.166. The number of nitrogens with zero attached hydrogens (tertiary/aromatic N) is 2. The Kier molecular flexibility index (Phi) is 5.30. The molecule has 1 aromatic carbocycles. The summed E-state index contributed by atoms with van der Waals surface area (Å²) in [7, 11) is 0. The average molecular weight is 348 g/mol. The molecule has 2 aromatic rings. The molecule has 2 heterocycles. The van der Waals surface area contributed by atoms with Crippen LogP contribution in [0.5, 0.6) is 0 Å². The van der Waals surface area contributed by atoms with Crippen LogP contribution in [0.25, 0.3) is 0 Å². The van der Waals surface area contributed by atoms with Gasteiger partial charge in [0.05, 0.1) is 17.2 Å². The van der Waals surface area contributed by atoms with Crippen molar-refractivity contribution >= 4 is 23.1 Å². The molecule has 1 atom stereocenters. The van der Waals surface area contributed by atoms with Crippen LogP contribution in [0.2, 0.25) is 0 Å². The van der Waals surface area contributed by atoms with Crippen LogP contribution in [0.1, 0.15) is 17.1 Å². The van der Waals surface area contributed by atoms with Crippen molar-refractivity contribution in [2.75, 3.05) is 24.5 Å². The normalized spacial score (nSPS) is 17.1. The van der Waals surface area contributed by atoms with Gasteiger partial charge in [-0.3, -0.25) is 0 Å². The molecule has 1 saturated heterocycles. The molecule has 7 heteroatoms. The summed E-state index contributed by atoms with van der Waals surface area (Å²) in [5.41, 5.74) is 1.92. The number of hydrogen-bond acceptors (Lipinski definition) is 4. The molecular formula is C17H21FN4OS. The van der Waals surface area contributed by atoms with Crippen molar-refractivity contribution in [2.45, 2.75) is 19.9 Å². The predicted molar refractivity (Wildman–Crippen MR) is 93.8 cm³/mol. The minimum atomic E-state index is -0.219. The number of carbonyl (C=O) groups excluding carboxylic acids is 1. The quantitative estimate of drug-likeness (QED) is 0.873. The number of urea groups is 1. The van der Waals surface area contributed by atoms with Crippen molar-refractivity contribution in [3.05, 3.63) is 46.2 Å². The Labute approximate surface area is 144 Å². The van der Waals surface area contributed by atoms with Gasteiger partial charge in [-0.05, 0) is 43.5 Å². The van der Waals surface area contributed by atoms with E-state index in [1.807, 2.05) is 12.3 Å². The Morgan fingerprint density at radius 2 is 2.17 bits per heavy atom. The first kappa shape index (κ1) is 16.7. The third kappa shape index (κ3) is 4.44. The molecule has 0 radical (unpaired) electrons. The number of halogens is 1. The maximum atomic E-state index is 13.0. The SMILES string of the molecule is Cc1nc(CNC(=O)NC[C@H]2CCN(c3ccc(F)cc3)C2)cs1. The van der Waals surface area contributed by atoms with Crippen molar-refractivity contribution in [3.8, 4) is 0 Å². The Morgan fingerprint density at radius 1 is 1.38 bits per heavy atom. The number of carbonyl (C=O) groups is 1. The topological polar surface area (TPSA) is 57.3 Å². The van der Waals surface area contributed by atoms with Gasteiger partial charge in [0, 0.05) is 30.7 Å². The van der Waals surface area contributed by atoms with Crippen LogP contribution in [0, 0.1) is 18.7 Å². The standard InChI is InChI=1S/C17H21FN4OS/c1-12-21-15(11-24-12)9-20-17(23)19-8-13-6-7-22(10-13)16-4-2-14(18)3-5-16/h2-5,11,13H,6-10H2,1H3,(H2,19,20,23)/t13-/m1/s1. The van der Waals surface area contributed by atoms with E-state index in [2.05, 4.69) is 20.5 Å². The van der Waals surface area contributed by atoms with Gasteiger partial charge < -0.3 is 15.5 Å². The number of anilines is 1. The zero-order valence-electron chi connectivity index (χ0n) is 13.6. The van der Waals surface area contributed by atoms with Crippen molar-refractivity contribution in [1.82, 2.24) is 15.6 Å². The number of aromatic nitrogens is 1. The molecule has 1 aliphatic rings. The summed E-state index contributed by atoms with van der Waals surface area (Å²) in [6, 6.07) is 6.39. The predicted octanol–water partition coefficient (Wildman–Crippen LogP) is 2.92. The molecular weight excluding hydrogens is 327 g/mol. The lowest BCUT2D eigenvalue weighted by Gasteiger charge is -2.18. The first-order chi connectivity index (χ1) is 11.6. The summed E-state index contributed by atoms with van der Waals surface area (Å²) < 4.78 is 13.0. The number of rotatable bonds is 5. The van der Waals surface area contributed by atoms with E-state index in [4.69, 9.17) is 0 Å². The van der Waals surface area contributed by atoms with E-state index in [1.165, 1.54) is 12.1 Å². The second-order valence-electron chi connectivity index (χ2n) is 6.00. The van der Waals surface area contributed by atoms with Gasteiger partial charge in [0.2, 0.25) is 0 Å². The lowest BCUT2D eigenvalue weighted by molar-refractivity contribution is 0.239. The van der Waals surface area contributed by atoms with Gasteiger partial charge in [0.1, 0.15) is 5.82 Å². The van der Waals surface area contributed by atoms with Crippen LogP contribution in [-0.4, -0.2) is 30.6 Å². The van der Waals surface area contributed by atoms with Crippen molar-refractivity contribution in [1.29, 1.82) is 0 Å². The average Bonchev–Trinajstić information content (AvgIpc) is 3.21. The molecule has 0 spiro atoms. The molecule has 1 aliphatic heterocycles. The van der Waals surface area contributed by atoms with E-state index >= 15 is 0 Å². The van der Waals surface area contributed by atoms with Crippen LogP contribution in [0.3, 0.4) is 0 Å². The van der Waals surface area contributed by atoms with E-state index < -0.39 is 0 Å². The summed E-state index contributed by atoms with van der Waals surface area (Å²) in [6.07, 6.45) is 1.02. The van der Waals surface area contributed by atoms with Crippen molar-refractivity contribution in [2.24, 2.45) is 5.92 Å². The fourth-order valence-electron chi connectivity index (χ4n) is 2.85. The van der Waals surface area contributed by atoms with Gasteiger partial charge in [-0.2, -0.15) is 0 Å².